The van der Waals surface area contributed by atoms with Gasteiger partial charge in [-0.3, -0.25) is 4.90 Å². The molecule has 0 aliphatic carbocycles. The molecule has 116 valence electrons. The number of ether oxygens (including phenoxy) is 2. The van der Waals surface area contributed by atoms with Gasteiger partial charge in [0.05, 0.1) is 14.2 Å². The highest BCUT2D eigenvalue weighted by molar-refractivity contribution is 5.66. The Morgan fingerprint density at radius 3 is 2.38 bits per heavy atom. The highest BCUT2D eigenvalue weighted by Crippen LogP contribution is 2.20. The molecule has 1 heterocycles. The molecule has 1 fully saturated rings. The Labute approximate surface area is 125 Å². The minimum Gasteiger partial charge on any atom is -0.497 e. The zero-order chi connectivity index (χ0) is 15.1. The van der Waals surface area contributed by atoms with E-state index in [1.54, 1.807) is 7.11 Å². The van der Waals surface area contributed by atoms with E-state index >= 15 is 0 Å². The monoisotopic (exact) mass is 293 g/mol. The first kappa shape index (κ1) is 15.4. The average molecular weight is 293 g/mol. The molecule has 0 bridgehead atoms. The lowest BCUT2D eigenvalue weighted by Crippen LogP contribution is -2.48. The molecule has 0 spiro atoms. The molecule has 0 atom stereocenters. The second-order valence-electron chi connectivity index (χ2n) is 4.95. The number of nitrogens with one attached hydrogen (secondary N) is 1. The standard InChI is InChI=1S/C15H23N3O3/c1-20-14-5-3-13(4-6-14)18-11-9-17(10-12-18)8-7-16-15(19)21-2/h3-6H,7-12H2,1-2H3,(H,16,19). The van der Waals surface area contributed by atoms with Gasteiger partial charge in [0.25, 0.3) is 0 Å². The number of anilines is 1. The van der Waals surface area contributed by atoms with E-state index in [1.807, 2.05) is 12.1 Å². The van der Waals surface area contributed by atoms with Gasteiger partial charge in [-0.2, -0.15) is 0 Å². The maximum atomic E-state index is 11.0. The van der Waals surface area contributed by atoms with Gasteiger partial charge in [-0.05, 0) is 24.3 Å². The summed E-state index contributed by atoms with van der Waals surface area (Å²) in [7, 11) is 3.05. The topological polar surface area (TPSA) is 54.0 Å². The van der Waals surface area contributed by atoms with Gasteiger partial charge >= 0.3 is 6.09 Å². The molecule has 1 N–H and O–H groups in total. The van der Waals surface area contributed by atoms with Gasteiger partial charge in [0, 0.05) is 45.0 Å². The molecule has 1 aromatic rings. The van der Waals surface area contributed by atoms with E-state index in [9.17, 15) is 4.79 Å². The van der Waals surface area contributed by atoms with Crippen LogP contribution >= 0.6 is 0 Å². The van der Waals surface area contributed by atoms with Gasteiger partial charge < -0.3 is 19.7 Å². The zero-order valence-electron chi connectivity index (χ0n) is 12.7. The summed E-state index contributed by atoms with van der Waals surface area (Å²) in [6.07, 6.45) is -0.369. The normalized spacial score (nSPS) is 15.6. The number of amides is 1. The van der Waals surface area contributed by atoms with Gasteiger partial charge in [-0.15, -0.1) is 0 Å². The summed E-state index contributed by atoms with van der Waals surface area (Å²) in [6.45, 7) is 5.44. The highest BCUT2D eigenvalue weighted by atomic mass is 16.5. The smallest absolute Gasteiger partial charge is 0.406 e. The first-order valence-electron chi connectivity index (χ1n) is 7.16. The van der Waals surface area contributed by atoms with Gasteiger partial charge in [0.2, 0.25) is 0 Å². The lowest BCUT2D eigenvalue weighted by molar-refractivity contribution is 0.168. The molecular weight excluding hydrogens is 270 g/mol. The van der Waals surface area contributed by atoms with E-state index in [0.717, 1.165) is 38.5 Å². The Kier molecular flexibility index (Phi) is 5.68. The molecule has 1 aliphatic rings. The van der Waals surface area contributed by atoms with Crippen LogP contribution in [-0.2, 0) is 4.74 Å². The first-order chi connectivity index (χ1) is 10.2. The van der Waals surface area contributed by atoms with Crippen LogP contribution < -0.4 is 15.0 Å². The molecule has 0 unspecified atom stereocenters. The number of nitrogens with zero attached hydrogens (tertiary/aromatic N) is 2. The lowest BCUT2D eigenvalue weighted by Gasteiger charge is -2.36. The quantitative estimate of drug-likeness (QED) is 0.883. The summed E-state index contributed by atoms with van der Waals surface area (Å²) in [4.78, 5) is 15.7. The summed E-state index contributed by atoms with van der Waals surface area (Å²) in [6, 6.07) is 8.16. The van der Waals surface area contributed by atoms with Gasteiger partial charge in [-0.25, -0.2) is 4.79 Å². The molecule has 2 rings (SSSR count). The molecular formula is C15H23N3O3. The van der Waals surface area contributed by atoms with Crippen molar-refractivity contribution in [3.63, 3.8) is 0 Å². The van der Waals surface area contributed by atoms with Crippen LogP contribution in [0.5, 0.6) is 5.75 Å². The molecule has 6 nitrogen and oxygen atoms in total. The third-order valence-electron chi connectivity index (χ3n) is 3.69. The first-order valence-corrected chi connectivity index (χ1v) is 7.16. The van der Waals surface area contributed by atoms with Crippen LogP contribution in [0.15, 0.2) is 24.3 Å². The second-order valence-corrected chi connectivity index (χ2v) is 4.95. The van der Waals surface area contributed by atoms with Crippen LogP contribution in [0.3, 0.4) is 0 Å². The fourth-order valence-electron chi connectivity index (χ4n) is 2.41. The van der Waals surface area contributed by atoms with Crippen LogP contribution in [0.1, 0.15) is 0 Å². The van der Waals surface area contributed by atoms with Gasteiger partial charge in [0.15, 0.2) is 0 Å². The Morgan fingerprint density at radius 1 is 1.14 bits per heavy atom. The van der Waals surface area contributed by atoms with E-state index in [4.69, 9.17) is 4.74 Å². The number of piperazine rings is 1. The minimum absolute atomic E-state index is 0.369. The molecule has 1 amide bonds. The molecule has 0 saturated carbocycles. The van der Waals surface area contributed by atoms with E-state index < -0.39 is 0 Å². The van der Waals surface area contributed by atoms with Crippen LogP contribution in [0, 0.1) is 0 Å². The van der Waals surface area contributed by atoms with E-state index in [2.05, 4.69) is 32.0 Å². The molecule has 21 heavy (non-hydrogen) atoms. The molecule has 1 aliphatic heterocycles. The van der Waals surface area contributed by atoms with E-state index in [1.165, 1.54) is 12.8 Å². The second kappa shape index (κ2) is 7.73. The van der Waals surface area contributed by atoms with Crippen molar-refractivity contribution in [3.05, 3.63) is 24.3 Å². The fourth-order valence-corrected chi connectivity index (χ4v) is 2.41. The van der Waals surface area contributed by atoms with Crippen LogP contribution in [0.2, 0.25) is 0 Å². The Hall–Kier alpha value is -1.95. The van der Waals surface area contributed by atoms with Crippen molar-refractivity contribution in [2.45, 2.75) is 0 Å². The molecule has 1 saturated heterocycles. The van der Waals surface area contributed by atoms with Crippen LogP contribution in [0.25, 0.3) is 0 Å². The predicted molar refractivity (Wildman–Crippen MR) is 82.1 cm³/mol. The van der Waals surface area contributed by atoms with Crippen molar-refractivity contribution in [1.29, 1.82) is 0 Å². The van der Waals surface area contributed by atoms with Crippen LogP contribution in [0.4, 0.5) is 10.5 Å². The van der Waals surface area contributed by atoms with Crippen molar-refractivity contribution in [3.8, 4) is 5.75 Å². The van der Waals surface area contributed by atoms with Crippen molar-refractivity contribution in [2.75, 3.05) is 58.4 Å². The summed E-state index contributed by atoms with van der Waals surface area (Å²) in [5.74, 6) is 0.881. The summed E-state index contributed by atoms with van der Waals surface area (Å²) in [5, 5.41) is 2.70. The number of carbonyl (C=O) groups excluding carboxylic acids is 1. The average Bonchev–Trinajstić information content (AvgIpc) is 2.55. The van der Waals surface area contributed by atoms with E-state index in [-0.39, 0.29) is 6.09 Å². The maximum absolute atomic E-state index is 11.0. The third-order valence-corrected chi connectivity index (χ3v) is 3.69. The third kappa shape index (κ3) is 4.53. The van der Waals surface area contributed by atoms with Gasteiger partial charge in [-0.1, -0.05) is 0 Å². The van der Waals surface area contributed by atoms with Crippen molar-refractivity contribution >= 4 is 11.8 Å². The predicted octanol–water partition coefficient (Wildman–Crippen LogP) is 1.17. The number of carbonyl (C=O) groups is 1. The maximum Gasteiger partial charge on any atom is 0.406 e. The van der Waals surface area contributed by atoms with Gasteiger partial charge in [0.1, 0.15) is 5.75 Å². The number of rotatable bonds is 5. The number of alkyl carbamates (subject to hydrolysis) is 1. The largest absolute Gasteiger partial charge is 0.497 e. The molecule has 0 aromatic heterocycles. The Balaban J connectivity index is 1.73. The lowest BCUT2D eigenvalue weighted by atomic mass is 10.2. The highest BCUT2D eigenvalue weighted by Gasteiger charge is 2.17. The Bertz CT molecular complexity index is 442. The number of hydrogen-bond acceptors (Lipinski definition) is 5. The van der Waals surface area contributed by atoms with Crippen molar-refractivity contribution in [2.24, 2.45) is 0 Å². The van der Waals surface area contributed by atoms with Crippen molar-refractivity contribution in [1.82, 2.24) is 10.2 Å². The number of methoxy groups -OCH3 is 2. The Morgan fingerprint density at radius 2 is 1.81 bits per heavy atom. The van der Waals surface area contributed by atoms with Crippen LogP contribution in [-0.4, -0.2) is 64.5 Å². The molecule has 1 aromatic carbocycles. The summed E-state index contributed by atoms with van der Waals surface area (Å²) in [5.41, 5.74) is 1.23. The summed E-state index contributed by atoms with van der Waals surface area (Å²) >= 11 is 0. The number of hydrogen-bond donors (Lipinski definition) is 1. The van der Waals surface area contributed by atoms with E-state index in [0.29, 0.717) is 6.54 Å². The molecule has 6 heteroatoms. The minimum atomic E-state index is -0.369. The number of benzene rings is 1. The molecule has 0 radical (unpaired) electrons. The fraction of sp³-hybridized carbons (Fsp3) is 0.533. The van der Waals surface area contributed by atoms with Crippen molar-refractivity contribution < 1.29 is 14.3 Å². The zero-order valence-corrected chi connectivity index (χ0v) is 12.7. The SMILES string of the molecule is COC(=O)NCCN1CCN(c2ccc(OC)cc2)CC1. The summed E-state index contributed by atoms with van der Waals surface area (Å²) < 4.78 is 9.72.